The van der Waals surface area contributed by atoms with E-state index in [-0.39, 0.29) is 5.16 Å². The zero-order valence-electron chi connectivity index (χ0n) is 10.5. The summed E-state index contributed by atoms with van der Waals surface area (Å²) in [6, 6.07) is 0. The summed E-state index contributed by atoms with van der Waals surface area (Å²) in [5, 5.41) is 0.246. The molecule has 0 aromatic heterocycles. The van der Waals surface area contributed by atoms with Crippen LogP contribution >= 0.6 is 9.24 Å². The van der Waals surface area contributed by atoms with Gasteiger partial charge in [-0.15, -0.1) is 9.24 Å². The van der Waals surface area contributed by atoms with Crippen molar-refractivity contribution in [2.45, 2.75) is 32.9 Å². The van der Waals surface area contributed by atoms with E-state index in [1.807, 2.05) is 0 Å². The van der Waals surface area contributed by atoms with E-state index >= 15 is 0 Å². The van der Waals surface area contributed by atoms with E-state index in [1.165, 1.54) is 0 Å². The lowest BCUT2D eigenvalue weighted by Gasteiger charge is -2.34. The van der Waals surface area contributed by atoms with Crippen molar-refractivity contribution >= 4 is 9.24 Å². The van der Waals surface area contributed by atoms with E-state index in [0.29, 0.717) is 11.8 Å². The molecule has 0 radical (unpaired) electrons. The third-order valence-corrected chi connectivity index (χ3v) is 4.40. The minimum atomic E-state index is 0.246. The van der Waals surface area contributed by atoms with Crippen LogP contribution in [0, 0.1) is 11.8 Å². The smallest absolute Gasteiger partial charge is 0.0157 e. The average molecular weight is 215 g/mol. The number of rotatable bonds is 5. The van der Waals surface area contributed by atoms with Gasteiger partial charge >= 0.3 is 0 Å². The first kappa shape index (κ1) is 14.1. The number of hydrogen-bond donors (Lipinski definition) is 0. The highest BCUT2D eigenvalue weighted by Crippen LogP contribution is 2.36. The molecule has 0 heterocycles. The second kappa shape index (κ2) is 5.88. The first-order chi connectivity index (χ1) is 6.30. The fourth-order valence-electron chi connectivity index (χ4n) is 1.52. The molecule has 0 spiro atoms. The molecule has 0 aliphatic carbocycles. The third kappa shape index (κ3) is 4.11. The first-order valence-electron chi connectivity index (χ1n) is 5.42. The lowest BCUT2D eigenvalue weighted by atomic mass is 9.84. The summed E-state index contributed by atoms with van der Waals surface area (Å²) in [6.45, 7) is 10.2. The zero-order chi connectivity index (χ0) is 11.4. The molecule has 0 amide bonds. The molecular formula is C12H26NP. The highest BCUT2D eigenvalue weighted by molar-refractivity contribution is 7.19. The summed E-state index contributed by atoms with van der Waals surface area (Å²) in [5.41, 5.74) is 0. The molecule has 14 heavy (non-hydrogen) atoms. The summed E-state index contributed by atoms with van der Waals surface area (Å²) in [4.78, 5) is 2.18. The Hall–Kier alpha value is 0.130. The maximum Gasteiger partial charge on any atom is 0.0157 e. The quantitative estimate of drug-likeness (QED) is 0.503. The Morgan fingerprint density at radius 2 is 1.57 bits per heavy atom. The molecule has 0 aromatic carbocycles. The van der Waals surface area contributed by atoms with Crippen molar-refractivity contribution in [2.24, 2.45) is 11.8 Å². The van der Waals surface area contributed by atoms with E-state index in [2.05, 4.69) is 68.1 Å². The van der Waals surface area contributed by atoms with E-state index in [1.54, 1.807) is 0 Å². The summed E-state index contributed by atoms with van der Waals surface area (Å²) in [6.07, 6.45) is 4.62. The van der Waals surface area contributed by atoms with Crippen LogP contribution in [0.5, 0.6) is 0 Å². The molecular weight excluding hydrogens is 189 g/mol. The lowest BCUT2D eigenvalue weighted by molar-refractivity contribution is 0.394. The normalized spacial score (nSPS) is 13.9. The van der Waals surface area contributed by atoms with E-state index in [9.17, 15) is 0 Å². The predicted molar refractivity (Wildman–Crippen MR) is 69.8 cm³/mol. The summed E-state index contributed by atoms with van der Waals surface area (Å²) < 4.78 is 0. The van der Waals surface area contributed by atoms with Crippen LogP contribution in [0.15, 0.2) is 12.2 Å². The van der Waals surface area contributed by atoms with Gasteiger partial charge in [0.1, 0.15) is 0 Å². The molecule has 0 saturated carbocycles. The first-order valence-corrected chi connectivity index (χ1v) is 5.99. The van der Waals surface area contributed by atoms with Gasteiger partial charge in [0.15, 0.2) is 0 Å². The predicted octanol–water partition coefficient (Wildman–Crippen LogP) is 3.03. The van der Waals surface area contributed by atoms with Crippen molar-refractivity contribution in [2.75, 3.05) is 20.6 Å². The van der Waals surface area contributed by atoms with Gasteiger partial charge in [-0.2, -0.15) is 0 Å². The Kier molecular flexibility index (Phi) is 5.93. The molecule has 0 rings (SSSR count). The van der Waals surface area contributed by atoms with Crippen molar-refractivity contribution in [1.82, 2.24) is 4.90 Å². The van der Waals surface area contributed by atoms with Crippen molar-refractivity contribution in [1.29, 1.82) is 0 Å². The van der Waals surface area contributed by atoms with Gasteiger partial charge in [-0.25, -0.2) is 0 Å². The number of likely N-dealkylation sites (N-methyl/N-ethyl adjacent to an activating group) is 1. The molecule has 1 atom stereocenters. The molecule has 2 heteroatoms. The maximum absolute atomic E-state index is 3.02. The van der Waals surface area contributed by atoms with Gasteiger partial charge < -0.3 is 4.90 Å². The Bertz CT molecular complexity index is 175. The van der Waals surface area contributed by atoms with Crippen LogP contribution in [0.2, 0.25) is 0 Å². The second-order valence-corrected chi connectivity index (χ2v) is 5.97. The maximum atomic E-state index is 3.02. The molecule has 84 valence electrons. The van der Waals surface area contributed by atoms with Crippen molar-refractivity contribution in [3.8, 4) is 0 Å². The molecule has 0 fully saturated rings. The molecule has 0 aliphatic heterocycles. The van der Waals surface area contributed by atoms with E-state index in [0.717, 1.165) is 6.54 Å². The van der Waals surface area contributed by atoms with Crippen molar-refractivity contribution in [3.05, 3.63) is 12.2 Å². The van der Waals surface area contributed by atoms with Crippen LogP contribution < -0.4 is 0 Å². The standard InChI is InChI=1S/C12H26NP/c1-10(2)12(14,11(3)4)8-7-9-13(5)6/h7-8,10-11H,9,14H2,1-6H3/b8-7+. The van der Waals surface area contributed by atoms with Crippen molar-refractivity contribution < 1.29 is 0 Å². The van der Waals surface area contributed by atoms with Crippen LogP contribution in [0.4, 0.5) is 0 Å². The van der Waals surface area contributed by atoms with Crippen molar-refractivity contribution in [3.63, 3.8) is 0 Å². The molecule has 0 saturated heterocycles. The Morgan fingerprint density at radius 3 is 1.86 bits per heavy atom. The Balaban J connectivity index is 4.45. The van der Waals surface area contributed by atoms with Gasteiger partial charge in [-0.3, -0.25) is 0 Å². The minimum Gasteiger partial charge on any atom is -0.306 e. The van der Waals surface area contributed by atoms with Crippen LogP contribution in [0.25, 0.3) is 0 Å². The summed E-state index contributed by atoms with van der Waals surface area (Å²) in [7, 11) is 7.22. The third-order valence-electron chi connectivity index (χ3n) is 2.88. The van der Waals surface area contributed by atoms with Crippen LogP contribution in [0.3, 0.4) is 0 Å². The minimum absolute atomic E-state index is 0.246. The number of allylic oxidation sites excluding steroid dienone is 1. The van der Waals surface area contributed by atoms with Gasteiger partial charge in [0.25, 0.3) is 0 Å². The summed E-state index contributed by atoms with van der Waals surface area (Å²) in [5.74, 6) is 1.32. The van der Waals surface area contributed by atoms with Gasteiger partial charge in [-0.05, 0) is 25.9 Å². The van der Waals surface area contributed by atoms with E-state index in [4.69, 9.17) is 0 Å². The summed E-state index contributed by atoms with van der Waals surface area (Å²) >= 11 is 0. The van der Waals surface area contributed by atoms with Gasteiger partial charge in [0.05, 0.1) is 0 Å². The topological polar surface area (TPSA) is 3.24 Å². The molecule has 1 unspecified atom stereocenters. The lowest BCUT2D eigenvalue weighted by Crippen LogP contribution is -2.31. The fraction of sp³-hybridized carbons (Fsp3) is 0.833. The number of hydrogen-bond acceptors (Lipinski definition) is 1. The van der Waals surface area contributed by atoms with Crippen LogP contribution in [-0.4, -0.2) is 30.7 Å². The zero-order valence-corrected chi connectivity index (χ0v) is 11.7. The highest BCUT2D eigenvalue weighted by atomic mass is 31.0. The fourth-order valence-corrected chi connectivity index (χ4v) is 1.66. The largest absolute Gasteiger partial charge is 0.306 e. The van der Waals surface area contributed by atoms with Gasteiger partial charge in [0, 0.05) is 11.7 Å². The second-order valence-electron chi connectivity index (χ2n) is 4.97. The Morgan fingerprint density at radius 1 is 1.14 bits per heavy atom. The SMILES string of the molecule is CC(C)C(P)(/C=C/CN(C)C)C(C)C. The molecule has 1 nitrogen and oxygen atoms in total. The molecule has 0 aromatic rings. The monoisotopic (exact) mass is 215 g/mol. The van der Waals surface area contributed by atoms with E-state index < -0.39 is 0 Å². The van der Waals surface area contributed by atoms with Crippen LogP contribution in [-0.2, 0) is 0 Å². The Labute approximate surface area is 92.2 Å². The average Bonchev–Trinajstić information content (AvgIpc) is 2.02. The molecule has 0 bridgehead atoms. The highest BCUT2D eigenvalue weighted by Gasteiger charge is 2.28. The van der Waals surface area contributed by atoms with Crippen LogP contribution in [0.1, 0.15) is 27.7 Å². The molecule has 0 N–H and O–H groups in total. The van der Waals surface area contributed by atoms with Gasteiger partial charge in [0.2, 0.25) is 0 Å². The molecule has 0 aliphatic rings. The van der Waals surface area contributed by atoms with Gasteiger partial charge in [-0.1, -0.05) is 39.8 Å². The number of nitrogens with zero attached hydrogens (tertiary/aromatic N) is 1.